The lowest BCUT2D eigenvalue weighted by atomic mass is 9.85. The second-order valence-electron chi connectivity index (χ2n) is 6.08. The van der Waals surface area contributed by atoms with Crippen molar-refractivity contribution in [3.8, 4) is 0 Å². The molecule has 3 rings (SSSR count). The van der Waals surface area contributed by atoms with Crippen LogP contribution < -0.4 is 5.43 Å². The van der Waals surface area contributed by atoms with E-state index in [9.17, 15) is 4.79 Å². The van der Waals surface area contributed by atoms with Gasteiger partial charge in [-0.05, 0) is 44.4 Å². The predicted molar refractivity (Wildman–Crippen MR) is 89.3 cm³/mol. The second kappa shape index (κ2) is 5.41. The number of rotatable bonds is 2. The number of nitrogens with zero attached hydrogens (tertiary/aromatic N) is 1. The standard InChI is InChI=1S/C19H20N2O/c1-11-5-7-15(13(3)9-11)17-18(20-21-19(17)22)16-8-6-12(2)10-14(16)4/h5-10,17H,1-4H3,(H,21,22). The van der Waals surface area contributed by atoms with E-state index in [1.807, 2.05) is 19.1 Å². The Morgan fingerprint density at radius 1 is 0.909 bits per heavy atom. The van der Waals surface area contributed by atoms with E-state index < -0.39 is 0 Å². The summed E-state index contributed by atoms with van der Waals surface area (Å²) in [5, 5.41) is 4.32. The van der Waals surface area contributed by atoms with Crippen LogP contribution in [0.3, 0.4) is 0 Å². The second-order valence-corrected chi connectivity index (χ2v) is 6.08. The zero-order valence-corrected chi connectivity index (χ0v) is 13.4. The minimum absolute atomic E-state index is 0.0538. The summed E-state index contributed by atoms with van der Waals surface area (Å²) >= 11 is 0. The molecule has 2 aromatic carbocycles. The van der Waals surface area contributed by atoms with Crippen LogP contribution in [0.1, 0.15) is 39.3 Å². The van der Waals surface area contributed by atoms with Crippen molar-refractivity contribution in [1.82, 2.24) is 5.43 Å². The molecule has 3 heteroatoms. The van der Waals surface area contributed by atoms with Crippen LogP contribution in [0, 0.1) is 27.7 Å². The topological polar surface area (TPSA) is 41.5 Å². The van der Waals surface area contributed by atoms with Crippen LogP contribution in [-0.2, 0) is 4.79 Å². The zero-order valence-electron chi connectivity index (χ0n) is 13.4. The highest BCUT2D eigenvalue weighted by Crippen LogP contribution is 2.30. The van der Waals surface area contributed by atoms with Gasteiger partial charge in [0.25, 0.3) is 5.91 Å². The number of hydrogen-bond donors (Lipinski definition) is 1. The van der Waals surface area contributed by atoms with Gasteiger partial charge in [0.2, 0.25) is 0 Å². The summed E-state index contributed by atoms with van der Waals surface area (Å²) in [6.07, 6.45) is 0. The van der Waals surface area contributed by atoms with Crippen LogP contribution in [-0.4, -0.2) is 11.6 Å². The first kappa shape index (κ1) is 14.5. The Kier molecular flexibility index (Phi) is 3.57. The summed E-state index contributed by atoms with van der Waals surface area (Å²) in [4.78, 5) is 12.3. The molecule has 0 saturated carbocycles. The van der Waals surface area contributed by atoms with Crippen molar-refractivity contribution in [3.63, 3.8) is 0 Å². The van der Waals surface area contributed by atoms with E-state index in [4.69, 9.17) is 0 Å². The molecule has 0 aliphatic carbocycles. The van der Waals surface area contributed by atoms with Crippen molar-refractivity contribution < 1.29 is 4.79 Å². The van der Waals surface area contributed by atoms with Crippen LogP contribution in [0.5, 0.6) is 0 Å². The molecule has 2 aromatic rings. The van der Waals surface area contributed by atoms with E-state index in [1.54, 1.807) is 0 Å². The molecule has 1 aliphatic heterocycles. The van der Waals surface area contributed by atoms with Gasteiger partial charge in [0, 0.05) is 5.56 Å². The van der Waals surface area contributed by atoms with Gasteiger partial charge in [-0.25, -0.2) is 5.43 Å². The van der Waals surface area contributed by atoms with Crippen molar-refractivity contribution in [3.05, 3.63) is 69.8 Å². The van der Waals surface area contributed by atoms with Gasteiger partial charge in [-0.15, -0.1) is 0 Å². The first-order valence-electron chi connectivity index (χ1n) is 7.49. The molecule has 1 amide bonds. The maximum atomic E-state index is 12.3. The number of hydrazone groups is 1. The molecule has 3 nitrogen and oxygen atoms in total. The molecule has 1 N–H and O–H groups in total. The molecule has 1 heterocycles. The van der Waals surface area contributed by atoms with Crippen molar-refractivity contribution in [2.75, 3.05) is 0 Å². The molecule has 0 bridgehead atoms. The minimum atomic E-state index is -0.331. The normalized spacial score (nSPS) is 17.4. The molecule has 1 atom stereocenters. The quantitative estimate of drug-likeness (QED) is 0.903. The smallest absolute Gasteiger partial charge is 0.253 e. The van der Waals surface area contributed by atoms with Crippen LogP contribution in [0.4, 0.5) is 0 Å². The summed E-state index contributed by atoms with van der Waals surface area (Å²) in [6.45, 7) is 8.24. The molecule has 1 aliphatic rings. The van der Waals surface area contributed by atoms with Gasteiger partial charge in [0.1, 0.15) is 5.92 Å². The molecule has 0 radical (unpaired) electrons. The number of amides is 1. The number of carbonyl (C=O) groups excluding carboxylic acids is 1. The number of hydrogen-bond acceptors (Lipinski definition) is 2. The number of carbonyl (C=O) groups is 1. The van der Waals surface area contributed by atoms with E-state index >= 15 is 0 Å². The van der Waals surface area contributed by atoms with Crippen LogP contribution >= 0.6 is 0 Å². The van der Waals surface area contributed by atoms with E-state index in [1.165, 1.54) is 11.1 Å². The van der Waals surface area contributed by atoms with Gasteiger partial charge in [-0.1, -0.05) is 47.5 Å². The third-order valence-corrected chi connectivity index (χ3v) is 4.22. The average molecular weight is 292 g/mol. The predicted octanol–water partition coefficient (Wildman–Crippen LogP) is 3.54. The van der Waals surface area contributed by atoms with Gasteiger partial charge < -0.3 is 0 Å². The minimum Gasteiger partial charge on any atom is -0.272 e. The van der Waals surface area contributed by atoms with Crippen molar-refractivity contribution in [1.29, 1.82) is 0 Å². The van der Waals surface area contributed by atoms with Gasteiger partial charge in [-0.2, -0.15) is 5.10 Å². The Balaban J connectivity index is 2.09. The SMILES string of the molecule is Cc1ccc(C2=NNC(=O)C2c2ccc(C)cc2C)c(C)c1. The fourth-order valence-corrected chi connectivity index (χ4v) is 3.12. The molecular formula is C19H20N2O. The third kappa shape index (κ3) is 2.43. The fraction of sp³-hybridized carbons (Fsp3) is 0.263. The molecule has 1 unspecified atom stereocenters. The lowest BCUT2D eigenvalue weighted by molar-refractivity contribution is -0.120. The van der Waals surface area contributed by atoms with Crippen molar-refractivity contribution in [2.45, 2.75) is 33.6 Å². The Hall–Kier alpha value is -2.42. The Labute approximate surface area is 131 Å². The van der Waals surface area contributed by atoms with Crippen molar-refractivity contribution >= 4 is 11.6 Å². The van der Waals surface area contributed by atoms with E-state index in [0.29, 0.717) is 0 Å². The summed E-state index contributed by atoms with van der Waals surface area (Å²) < 4.78 is 0. The highest BCUT2D eigenvalue weighted by Gasteiger charge is 2.34. The first-order valence-corrected chi connectivity index (χ1v) is 7.49. The molecule has 22 heavy (non-hydrogen) atoms. The van der Waals surface area contributed by atoms with E-state index in [-0.39, 0.29) is 11.8 Å². The third-order valence-electron chi connectivity index (χ3n) is 4.22. The molecule has 0 aromatic heterocycles. The Bertz CT molecular complexity index is 790. The van der Waals surface area contributed by atoms with Crippen LogP contribution in [0.2, 0.25) is 0 Å². The lowest BCUT2D eigenvalue weighted by Crippen LogP contribution is -2.23. The van der Waals surface area contributed by atoms with Gasteiger partial charge in [0.15, 0.2) is 0 Å². The fourth-order valence-electron chi connectivity index (χ4n) is 3.12. The molecule has 0 spiro atoms. The van der Waals surface area contributed by atoms with Gasteiger partial charge in [0.05, 0.1) is 5.71 Å². The molecular weight excluding hydrogens is 272 g/mol. The van der Waals surface area contributed by atoms with E-state index in [2.05, 4.69) is 55.6 Å². The highest BCUT2D eigenvalue weighted by atomic mass is 16.2. The molecule has 0 fully saturated rings. The Morgan fingerprint density at radius 3 is 2.18 bits per heavy atom. The van der Waals surface area contributed by atoms with Crippen LogP contribution in [0.25, 0.3) is 0 Å². The number of aryl methyl sites for hydroxylation is 4. The maximum absolute atomic E-state index is 12.3. The van der Waals surface area contributed by atoms with Gasteiger partial charge in [-0.3, -0.25) is 4.79 Å². The monoisotopic (exact) mass is 292 g/mol. The summed E-state index contributed by atoms with van der Waals surface area (Å²) in [5.41, 5.74) is 10.2. The maximum Gasteiger partial charge on any atom is 0.253 e. The molecule has 112 valence electrons. The number of nitrogens with one attached hydrogen (secondary N) is 1. The lowest BCUT2D eigenvalue weighted by Gasteiger charge is -2.16. The highest BCUT2D eigenvalue weighted by molar-refractivity contribution is 6.20. The number of benzene rings is 2. The first-order chi connectivity index (χ1) is 10.5. The van der Waals surface area contributed by atoms with Crippen LogP contribution in [0.15, 0.2) is 41.5 Å². The largest absolute Gasteiger partial charge is 0.272 e. The Morgan fingerprint density at radius 2 is 1.55 bits per heavy atom. The average Bonchev–Trinajstić information content (AvgIpc) is 2.81. The zero-order chi connectivity index (χ0) is 15.9. The molecule has 0 saturated heterocycles. The summed E-state index contributed by atoms with van der Waals surface area (Å²) in [6, 6.07) is 12.4. The summed E-state index contributed by atoms with van der Waals surface area (Å²) in [7, 11) is 0. The van der Waals surface area contributed by atoms with Gasteiger partial charge >= 0.3 is 0 Å². The van der Waals surface area contributed by atoms with E-state index in [0.717, 1.165) is 28.0 Å². The van der Waals surface area contributed by atoms with Crippen molar-refractivity contribution in [2.24, 2.45) is 5.10 Å². The summed E-state index contributed by atoms with van der Waals surface area (Å²) in [5.74, 6) is -0.385.